The summed E-state index contributed by atoms with van der Waals surface area (Å²) in [6.07, 6.45) is 10.1. The van der Waals surface area contributed by atoms with Gasteiger partial charge in [-0.25, -0.2) is 0 Å². The average molecular weight is 270 g/mol. The van der Waals surface area contributed by atoms with Crippen LogP contribution in [0.3, 0.4) is 0 Å². The Morgan fingerprint density at radius 2 is 2.28 bits per heavy atom. The largest absolute Gasteiger partial charge is 0.352 e. The normalized spacial score (nSPS) is 36.6. The van der Waals surface area contributed by atoms with Gasteiger partial charge in [-0.2, -0.15) is 11.8 Å². The molecule has 1 saturated carbocycles. The maximum atomic E-state index is 12.5. The van der Waals surface area contributed by atoms with Gasteiger partial charge >= 0.3 is 0 Å². The smallest absolute Gasteiger partial charge is 0.240 e. The molecule has 104 valence electrons. The van der Waals surface area contributed by atoms with E-state index in [1.54, 1.807) is 0 Å². The maximum Gasteiger partial charge on any atom is 0.240 e. The Kier molecular flexibility index (Phi) is 4.96. The molecule has 1 aliphatic carbocycles. The first-order valence-electron chi connectivity index (χ1n) is 7.29. The molecule has 0 radical (unpaired) electrons. The summed E-state index contributed by atoms with van der Waals surface area (Å²) in [7, 11) is 0. The fraction of sp³-hybridized carbons (Fsp3) is 0.929. The van der Waals surface area contributed by atoms with Crippen LogP contribution in [0.2, 0.25) is 0 Å². The van der Waals surface area contributed by atoms with Crippen LogP contribution in [0, 0.1) is 0 Å². The zero-order valence-corrected chi connectivity index (χ0v) is 12.4. The van der Waals surface area contributed by atoms with Gasteiger partial charge in [0, 0.05) is 11.3 Å². The Morgan fingerprint density at radius 3 is 2.89 bits per heavy atom. The van der Waals surface area contributed by atoms with E-state index in [2.05, 4.69) is 23.8 Å². The summed E-state index contributed by atoms with van der Waals surface area (Å²) in [6, 6.07) is 0.398. The highest BCUT2D eigenvalue weighted by Gasteiger charge is 2.40. The van der Waals surface area contributed by atoms with E-state index < -0.39 is 0 Å². The van der Waals surface area contributed by atoms with E-state index in [9.17, 15) is 4.79 Å². The van der Waals surface area contributed by atoms with Gasteiger partial charge in [0.25, 0.3) is 0 Å². The number of carbonyl (C=O) groups excluding carboxylic acids is 1. The molecule has 1 heterocycles. The summed E-state index contributed by atoms with van der Waals surface area (Å²) in [6.45, 7) is 3.10. The molecule has 4 heteroatoms. The van der Waals surface area contributed by atoms with Crippen LogP contribution >= 0.6 is 11.8 Å². The molecule has 3 atom stereocenters. The number of carbonyl (C=O) groups is 1. The van der Waals surface area contributed by atoms with E-state index in [1.807, 2.05) is 11.8 Å². The number of rotatable bonds is 4. The van der Waals surface area contributed by atoms with Gasteiger partial charge < -0.3 is 10.6 Å². The lowest BCUT2D eigenvalue weighted by Crippen LogP contribution is -2.56. The van der Waals surface area contributed by atoms with Crippen LogP contribution in [-0.2, 0) is 4.79 Å². The SMILES string of the molecule is CCC1(C(=O)NC2CCCC(SC)C2)CCCN1. The van der Waals surface area contributed by atoms with Crippen LogP contribution in [0.1, 0.15) is 51.9 Å². The highest BCUT2D eigenvalue weighted by Crippen LogP contribution is 2.28. The molecule has 1 amide bonds. The molecule has 1 aliphatic heterocycles. The zero-order valence-electron chi connectivity index (χ0n) is 11.6. The van der Waals surface area contributed by atoms with Crippen molar-refractivity contribution >= 4 is 17.7 Å². The lowest BCUT2D eigenvalue weighted by atomic mass is 9.90. The topological polar surface area (TPSA) is 41.1 Å². The summed E-state index contributed by atoms with van der Waals surface area (Å²) in [5, 5.41) is 7.45. The summed E-state index contributed by atoms with van der Waals surface area (Å²) >= 11 is 1.95. The fourth-order valence-corrected chi connectivity index (χ4v) is 4.10. The molecule has 0 bridgehead atoms. The second kappa shape index (κ2) is 6.29. The predicted molar refractivity (Wildman–Crippen MR) is 78.0 cm³/mol. The van der Waals surface area contributed by atoms with Crippen molar-refractivity contribution in [3.05, 3.63) is 0 Å². The van der Waals surface area contributed by atoms with Crippen LogP contribution < -0.4 is 10.6 Å². The monoisotopic (exact) mass is 270 g/mol. The van der Waals surface area contributed by atoms with Crippen molar-refractivity contribution in [1.29, 1.82) is 0 Å². The van der Waals surface area contributed by atoms with Crippen LogP contribution in [0.15, 0.2) is 0 Å². The molecular formula is C14H26N2OS. The molecule has 0 aromatic rings. The second-order valence-corrected chi connectivity index (χ2v) is 6.80. The molecule has 0 spiro atoms. The molecule has 0 aromatic heterocycles. The quantitative estimate of drug-likeness (QED) is 0.823. The van der Waals surface area contributed by atoms with Gasteiger partial charge in [-0.3, -0.25) is 4.79 Å². The average Bonchev–Trinajstić information content (AvgIpc) is 2.89. The number of thioether (sulfide) groups is 1. The Balaban J connectivity index is 1.90. The van der Waals surface area contributed by atoms with Crippen LogP contribution in [0.4, 0.5) is 0 Å². The second-order valence-electron chi connectivity index (χ2n) is 5.66. The van der Waals surface area contributed by atoms with Crippen LogP contribution in [0.5, 0.6) is 0 Å². The van der Waals surface area contributed by atoms with E-state index in [-0.39, 0.29) is 11.4 Å². The highest BCUT2D eigenvalue weighted by molar-refractivity contribution is 7.99. The van der Waals surface area contributed by atoms with Crippen molar-refractivity contribution in [2.45, 2.75) is 68.7 Å². The van der Waals surface area contributed by atoms with Gasteiger partial charge in [0.15, 0.2) is 0 Å². The fourth-order valence-electron chi connectivity index (χ4n) is 3.28. The first-order chi connectivity index (χ1) is 8.70. The predicted octanol–water partition coefficient (Wildman–Crippen LogP) is 2.31. The number of hydrogen-bond donors (Lipinski definition) is 2. The molecule has 1 saturated heterocycles. The summed E-state index contributed by atoms with van der Waals surface area (Å²) in [5.41, 5.74) is -0.272. The van der Waals surface area contributed by atoms with Gasteiger partial charge in [0.05, 0.1) is 5.54 Å². The van der Waals surface area contributed by atoms with E-state index in [0.717, 1.165) is 43.9 Å². The third-order valence-electron chi connectivity index (χ3n) is 4.58. The third kappa shape index (κ3) is 3.02. The molecule has 3 unspecified atom stereocenters. The molecular weight excluding hydrogens is 244 g/mol. The van der Waals surface area contributed by atoms with Crippen molar-refractivity contribution < 1.29 is 4.79 Å². The molecule has 2 rings (SSSR count). The van der Waals surface area contributed by atoms with Crippen LogP contribution in [0.25, 0.3) is 0 Å². The Hall–Kier alpha value is -0.220. The Bertz CT molecular complexity index is 290. The molecule has 3 nitrogen and oxygen atoms in total. The number of nitrogens with one attached hydrogen (secondary N) is 2. The van der Waals surface area contributed by atoms with Gasteiger partial charge in [-0.05, 0) is 51.3 Å². The molecule has 0 aromatic carbocycles. The van der Waals surface area contributed by atoms with Gasteiger partial charge in [0.1, 0.15) is 0 Å². The van der Waals surface area contributed by atoms with Crippen LogP contribution in [-0.4, -0.2) is 35.5 Å². The van der Waals surface area contributed by atoms with E-state index >= 15 is 0 Å². The Labute approximate surface area is 115 Å². The van der Waals surface area contributed by atoms with Crippen molar-refractivity contribution in [3.8, 4) is 0 Å². The summed E-state index contributed by atoms with van der Waals surface area (Å²) in [5.74, 6) is 0.245. The summed E-state index contributed by atoms with van der Waals surface area (Å²) < 4.78 is 0. The van der Waals surface area contributed by atoms with E-state index in [4.69, 9.17) is 0 Å². The Morgan fingerprint density at radius 1 is 1.44 bits per heavy atom. The highest BCUT2D eigenvalue weighted by atomic mass is 32.2. The lowest BCUT2D eigenvalue weighted by molar-refractivity contribution is -0.128. The zero-order chi connectivity index (χ0) is 13.0. The van der Waals surface area contributed by atoms with Gasteiger partial charge in [-0.15, -0.1) is 0 Å². The van der Waals surface area contributed by atoms with Crippen molar-refractivity contribution in [2.24, 2.45) is 0 Å². The minimum atomic E-state index is -0.272. The first-order valence-corrected chi connectivity index (χ1v) is 8.58. The minimum Gasteiger partial charge on any atom is -0.352 e. The molecule has 2 fully saturated rings. The van der Waals surface area contributed by atoms with E-state index in [0.29, 0.717) is 6.04 Å². The standard InChI is InChI=1S/C14H26N2OS/c1-3-14(8-5-9-15-14)13(17)16-11-6-4-7-12(10-11)18-2/h11-12,15H,3-10H2,1-2H3,(H,16,17). The molecule has 2 aliphatic rings. The maximum absolute atomic E-state index is 12.5. The van der Waals surface area contributed by atoms with Crippen molar-refractivity contribution in [2.75, 3.05) is 12.8 Å². The summed E-state index contributed by atoms with van der Waals surface area (Å²) in [4.78, 5) is 12.5. The number of hydrogen-bond acceptors (Lipinski definition) is 3. The molecule has 18 heavy (non-hydrogen) atoms. The lowest BCUT2D eigenvalue weighted by Gasteiger charge is -2.33. The van der Waals surface area contributed by atoms with Crippen molar-refractivity contribution in [3.63, 3.8) is 0 Å². The van der Waals surface area contributed by atoms with Crippen molar-refractivity contribution in [1.82, 2.24) is 10.6 Å². The van der Waals surface area contributed by atoms with E-state index in [1.165, 1.54) is 12.8 Å². The first kappa shape index (κ1) is 14.2. The minimum absolute atomic E-state index is 0.245. The third-order valence-corrected chi connectivity index (χ3v) is 5.67. The van der Waals surface area contributed by atoms with Gasteiger partial charge in [0.2, 0.25) is 5.91 Å². The molecule has 2 N–H and O–H groups in total. The number of amides is 1. The van der Waals surface area contributed by atoms with Gasteiger partial charge in [-0.1, -0.05) is 13.3 Å².